The lowest BCUT2D eigenvalue weighted by Gasteiger charge is -2.33. The van der Waals surface area contributed by atoms with E-state index in [-0.39, 0.29) is 5.92 Å². The second-order valence-corrected chi connectivity index (χ2v) is 5.57. The van der Waals surface area contributed by atoms with Gasteiger partial charge < -0.3 is 0 Å². The lowest BCUT2D eigenvalue weighted by atomic mass is 9.71. The number of carbonyl (C=O) groups is 1. The number of aryl methyl sites for hydroxylation is 1. The molecule has 0 amide bonds. The van der Waals surface area contributed by atoms with Crippen LogP contribution in [0.4, 0.5) is 0 Å². The van der Waals surface area contributed by atoms with Gasteiger partial charge in [0, 0.05) is 19.2 Å². The number of ketones is 1. The molecule has 0 aromatic carbocycles. The molecule has 1 heterocycles. The second kappa shape index (κ2) is 5.03. The smallest absolute Gasteiger partial charge is 0.169 e. The molecular weight excluding hydrogens is 212 g/mol. The summed E-state index contributed by atoms with van der Waals surface area (Å²) in [6.07, 6.45) is 8.27. The Bertz CT molecular complexity index is 395. The normalized spacial score (nSPS) is 25.2. The SMILES string of the molecule is CC(C)C1CCCCC1C(=O)c1cnn(C)c1. The van der Waals surface area contributed by atoms with Gasteiger partial charge in [-0.2, -0.15) is 5.10 Å². The average Bonchev–Trinajstić information content (AvgIpc) is 2.75. The summed E-state index contributed by atoms with van der Waals surface area (Å²) in [7, 11) is 1.86. The van der Waals surface area contributed by atoms with Gasteiger partial charge in [0.25, 0.3) is 0 Å². The van der Waals surface area contributed by atoms with E-state index in [2.05, 4.69) is 18.9 Å². The van der Waals surface area contributed by atoms with E-state index in [0.717, 1.165) is 12.0 Å². The highest BCUT2D eigenvalue weighted by Crippen LogP contribution is 2.36. The predicted octanol–water partition coefficient (Wildman–Crippen LogP) is 3.07. The molecule has 0 spiro atoms. The first-order chi connectivity index (χ1) is 8.09. The van der Waals surface area contributed by atoms with Gasteiger partial charge >= 0.3 is 0 Å². The first-order valence-electron chi connectivity index (χ1n) is 6.62. The highest BCUT2D eigenvalue weighted by Gasteiger charge is 2.33. The molecule has 1 aliphatic rings. The molecule has 3 heteroatoms. The van der Waals surface area contributed by atoms with Gasteiger partial charge in [-0.3, -0.25) is 9.48 Å². The second-order valence-electron chi connectivity index (χ2n) is 5.57. The molecule has 1 fully saturated rings. The fourth-order valence-corrected chi connectivity index (χ4v) is 3.05. The van der Waals surface area contributed by atoms with Crippen LogP contribution in [0.1, 0.15) is 49.9 Å². The maximum atomic E-state index is 12.5. The largest absolute Gasteiger partial charge is 0.294 e. The molecule has 2 unspecified atom stereocenters. The molecule has 0 aliphatic heterocycles. The van der Waals surface area contributed by atoms with Crippen molar-refractivity contribution in [1.29, 1.82) is 0 Å². The molecular formula is C14H22N2O. The molecule has 1 saturated carbocycles. The molecule has 1 aromatic heterocycles. The first kappa shape index (κ1) is 12.3. The first-order valence-corrected chi connectivity index (χ1v) is 6.62. The van der Waals surface area contributed by atoms with Crippen LogP contribution in [0.25, 0.3) is 0 Å². The lowest BCUT2D eigenvalue weighted by molar-refractivity contribution is 0.0776. The van der Waals surface area contributed by atoms with Crippen LogP contribution in [0, 0.1) is 17.8 Å². The molecule has 0 saturated heterocycles. The maximum Gasteiger partial charge on any atom is 0.169 e. The Labute approximate surface area is 103 Å². The molecule has 2 atom stereocenters. The van der Waals surface area contributed by atoms with E-state index in [4.69, 9.17) is 0 Å². The van der Waals surface area contributed by atoms with Crippen LogP contribution in [-0.4, -0.2) is 15.6 Å². The van der Waals surface area contributed by atoms with Crippen molar-refractivity contribution in [3.05, 3.63) is 18.0 Å². The minimum absolute atomic E-state index is 0.216. The zero-order valence-corrected chi connectivity index (χ0v) is 11.0. The Morgan fingerprint density at radius 3 is 2.71 bits per heavy atom. The fraction of sp³-hybridized carbons (Fsp3) is 0.714. The van der Waals surface area contributed by atoms with E-state index in [0.29, 0.717) is 17.6 Å². The van der Waals surface area contributed by atoms with E-state index in [1.165, 1.54) is 19.3 Å². The number of hydrogen-bond acceptors (Lipinski definition) is 2. The Kier molecular flexibility index (Phi) is 3.65. The Morgan fingerprint density at radius 2 is 2.12 bits per heavy atom. The van der Waals surface area contributed by atoms with Crippen LogP contribution in [0.15, 0.2) is 12.4 Å². The molecule has 2 rings (SSSR count). The number of aromatic nitrogens is 2. The van der Waals surface area contributed by atoms with Gasteiger partial charge in [0.1, 0.15) is 0 Å². The van der Waals surface area contributed by atoms with Crippen LogP contribution >= 0.6 is 0 Å². The zero-order valence-electron chi connectivity index (χ0n) is 11.0. The number of carbonyl (C=O) groups excluding carboxylic acids is 1. The predicted molar refractivity (Wildman–Crippen MR) is 67.8 cm³/mol. The van der Waals surface area contributed by atoms with Crippen LogP contribution in [0.3, 0.4) is 0 Å². The molecule has 94 valence electrons. The molecule has 0 bridgehead atoms. The van der Waals surface area contributed by atoms with Gasteiger partial charge in [0.15, 0.2) is 5.78 Å². The van der Waals surface area contributed by atoms with E-state index >= 15 is 0 Å². The van der Waals surface area contributed by atoms with Gasteiger partial charge in [-0.15, -0.1) is 0 Å². The standard InChI is InChI=1S/C14H22N2O/c1-10(2)12-6-4-5-7-13(12)14(17)11-8-15-16(3)9-11/h8-10,12-13H,4-7H2,1-3H3. The summed E-state index contributed by atoms with van der Waals surface area (Å²) in [5, 5.41) is 4.10. The quantitative estimate of drug-likeness (QED) is 0.753. The monoisotopic (exact) mass is 234 g/mol. The third-order valence-corrected chi connectivity index (χ3v) is 4.00. The highest BCUT2D eigenvalue weighted by molar-refractivity contribution is 5.97. The van der Waals surface area contributed by atoms with Crippen LogP contribution in [-0.2, 0) is 7.05 Å². The Hall–Kier alpha value is -1.12. The number of hydrogen-bond donors (Lipinski definition) is 0. The summed E-state index contributed by atoms with van der Waals surface area (Å²) < 4.78 is 1.71. The van der Waals surface area contributed by atoms with Crippen molar-refractivity contribution in [2.45, 2.75) is 39.5 Å². The van der Waals surface area contributed by atoms with Crippen molar-refractivity contribution in [3.63, 3.8) is 0 Å². The summed E-state index contributed by atoms with van der Waals surface area (Å²) in [4.78, 5) is 12.5. The van der Waals surface area contributed by atoms with Crippen molar-refractivity contribution in [2.75, 3.05) is 0 Å². The number of Topliss-reactive ketones (excluding diaryl/α,β-unsaturated/α-hetero) is 1. The minimum atomic E-state index is 0.216. The summed E-state index contributed by atoms with van der Waals surface area (Å²) in [6, 6.07) is 0. The van der Waals surface area contributed by atoms with E-state index in [1.807, 2.05) is 13.2 Å². The fourth-order valence-electron chi connectivity index (χ4n) is 3.05. The molecule has 1 aliphatic carbocycles. The van der Waals surface area contributed by atoms with Gasteiger partial charge in [0.05, 0.1) is 11.8 Å². The van der Waals surface area contributed by atoms with Crippen molar-refractivity contribution >= 4 is 5.78 Å². The lowest BCUT2D eigenvalue weighted by Crippen LogP contribution is -2.30. The Morgan fingerprint density at radius 1 is 1.41 bits per heavy atom. The summed E-state index contributed by atoms with van der Waals surface area (Å²) in [5.74, 6) is 1.67. The third-order valence-electron chi connectivity index (χ3n) is 4.00. The third kappa shape index (κ3) is 2.59. The molecule has 0 N–H and O–H groups in total. The maximum absolute atomic E-state index is 12.5. The average molecular weight is 234 g/mol. The summed E-state index contributed by atoms with van der Waals surface area (Å²) >= 11 is 0. The van der Waals surface area contributed by atoms with Gasteiger partial charge in [0.2, 0.25) is 0 Å². The molecule has 3 nitrogen and oxygen atoms in total. The van der Waals surface area contributed by atoms with Crippen molar-refractivity contribution in [3.8, 4) is 0 Å². The van der Waals surface area contributed by atoms with Crippen molar-refractivity contribution < 1.29 is 4.79 Å². The van der Waals surface area contributed by atoms with E-state index < -0.39 is 0 Å². The number of rotatable bonds is 3. The molecule has 0 radical (unpaired) electrons. The topological polar surface area (TPSA) is 34.9 Å². The van der Waals surface area contributed by atoms with Crippen LogP contribution < -0.4 is 0 Å². The molecule has 17 heavy (non-hydrogen) atoms. The molecule has 1 aromatic rings. The van der Waals surface area contributed by atoms with Crippen molar-refractivity contribution in [2.24, 2.45) is 24.8 Å². The van der Waals surface area contributed by atoms with Crippen LogP contribution in [0.5, 0.6) is 0 Å². The highest BCUT2D eigenvalue weighted by atomic mass is 16.1. The Balaban J connectivity index is 2.16. The van der Waals surface area contributed by atoms with Crippen molar-refractivity contribution in [1.82, 2.24) is 9.78 Å². The van der Waals surface area contributed by atoms with E-state index in [9.17, 15) is 4.79 Å². The summed E-state index contributed by atoms with van der Waals surface area (Å²) in [6.45, 7) is 4.47. The van der Waals surface area contributed by atoms with Gasteiger partial charge in [-0.1, -0.05) is 26.7 Å². The van der Waals surface area contributed by atoms with Gasteiger partial charge in [-0.25, -0.2) is 0 Å². The zero-order chi connectivity index (χ0) is 12.4. The summed E-state index contributed by atoms with van der Waals surface area (Å²) in [5.41, 5.74) is 0.782. The van der Waals surface area contributed by atoms with E-state index in [1.54, 1.807) is 10.9 Å². The van der Waals surface area contributed by atoms with Gasteiger partial charge in [-0.05, 0) is 24.7 Å². The minimum Gasteiger partial charge on any atom is -0.294 e. The van der Waals surface area contributed by atoms with Crippen LogP contribution in [0.2, 0.25) is 0 Å². The number of nitrogens with zero attached hydrogens (tertiary/aromatic N) is 2.